The van der Waals surface area contributed by atoms with Crippen LogP contribution in [-0.4, -0.2) is 18.9 Å². The van der Waals surface area contributed by atoms with E-state index in [0.29, 0.717) is 16.3 Å². The first kappa shape index (κ1) is 15.2. The third-order valence-corrected chi connectivity index (χ3v) is 3.54. The van der Waals surface area contributed by atoms with Crippen molar-refractivity contribution in [3.8, 4) is 0 Å². The topological polar surface area (TPSA) is 43.4 Å². The van der Waals surface area contributed by atoms with Gasteiger partial charge in [0.15, 0.2) is 5.78 Å². The Bertz CT molecular complexity index is 691. The number of ether oxygens (including phenoxy) is 1. The summed E-state index contributed by atoms with van der Waals surface area (Å²) in [7, 11) is 1.26. The summed E-state index contributed by atoms with van der Waals surface area (Å²) in [6.07, 6.45) is 0. The molecule has 0 aromatic heterocycles. The Kier molecular flexibility index (Phi) is 4.36. The summed E-state index contributed by atoms with van der Waals surface area (Å²) in [4.78, 5) is 24.5. The fourth-order valence-electron chi connectivity index (χ4n) is 2.45. The number of hydrogen-bond donors (Lipinski definition) is 0. The summed E-state index contributed by atoms with van der Waals surface area (Å²) in [6.45, 7) is 3.57. The molecule has 0 N–H and O–H groups in total. The molecule has 0 heterocycles. The van der Waals surface area contributed by atoms with Crippen LogP contribution in [0.4, 0.5) is 4.39 Å². The zero-order valence-corrected chi connectivity index (χ0v) is 12.2. The number of Topliss-reactive ketones (excluding diaryl/α,β-unsaturated/α-hetero) is 1. The molecule has 21 heavy (non-hydrogen) atoms. The third kappa shape index (κ3) is 2.79. The van der Waals surface area contributed by atoms with Gasteiger partial charge in [-0.25, -0.2) is 4.39 Å². The first-order valence-corrected chi connectivity index (χ1v) is 6.76. The monoisotopic (exact) mass is 288 g/mol. The predicted molar refractivity (Wildman–Crippen MR) is 78.6 cm³/mol. The van der Waals surface area contributed by atoms with E-state index in [-0.39, 0.29) is 17.5 Å². The summed E-state index contributed by atoms with van der Waals surface area (Å²) < 4.78 is 18.5. The normalized spacial score (nSPS) is 12.4. The van der Waals surface area contributed by atoms with Gasteiger partial charge < -0.3 is 4.74 Å². The lowest BCUT2D eigenvalue weighted by Gasteiger charge is -2.18. The van der Waals surface area contributed by atoms with Crippen LogP contribution in [-0.2, 0) is 9.53 Å². The molecule has 2 aromatic carbocycles. The lowest BCUT2D eigenvalue weighted by atomic mass is 9.86. The number of rotatable bonds is 4. The highest BCUT2D eigenvalue weighted by Gasteiger charge is 2.32. The lowest BCUT2D eigenvalue weighted by molar-refractivity contribution is -0.144. The molecule has 0 amide bonds. The minimum atomic E-state index is -0.885. The highest BCUT2D eigenvalue weighted by atomic mass is 19.1. The van der Waals surface area contributed by atoms with Gasteiger partial charge in [0.25, 0.3) is 0 Å². The van der Waals surface area contributed by atoms with Gasteiger partial charge in [-0.1, -0.05) is 38.1 Å². The van der Waals surface area contributed by atoms with Crippen molar-refractivity contribution in [1.82, 2.24) is 0 Å². The number of halogens is 1. The maximum atomic E-state index is 13.8. The fraction of sp³-hybridized carbons (Fsp3) is 0.294. The molecule has 0 saturated carbocycles. The molecule has 2 aromatic rings. The smallest absolute Gasteiger partial charge is 0.316 e. The van der Waals surface area contributed by atoms with Crippen molar-refractivity contribution in [3.05, 3.63) is 47.8 Å². The first-order chi connectivity index (χ1) is 9.97. The van der Waals surface area contributed by atoms with Gasteiger partial charge in [-0.3, -0.25) is 9.59 Å². The quantitative estimate of drug-likeness (QED) is 0.490. The van der Waals surface area contributed by atoms with E-state index in [1.807, 2.05) is 0 Å². The third-order valence-electron chi connectivity index (χ3n) is 3.54. The Morgan fingerprint density at radius 3 is 2.24 bits per heavy atom. The van der Waals surface area contributed by atoms with E-state index < -0.39 is 11.9 Å². The maximum Gasteiger partial charge on any atom is 0.316 e. The number of benzene rings is 2. The van der Waals surface area contributed by atoms with Crippen LogP contribution in [0.25, 0.3) is 10.8 Å². The van der Waals surface area contributed by atoms with Gasteiger partial charge in [-0.05, 0) is 23.4 Å². The molecule has 1 atom stereocenters. The van der Waals surface area contributed by atoms with E-state index in [2.05, 4.69) is 0 Å². The molecule has 2 rings (SSSR count). The minimum Gasteiger partial charge on any atom is -0.468 e. The molecular formula is C17H17FO3. The van der Waals surface area contributed by atoms with Gasteiger partial charge in [0.2, 0.25) is 0 Å². The molecule has 0 radical (unpaired) electrons. The Morgan fingerprint density at radius 2 is 1.67 bits per heavy atom. The average molecular weight is 288 g/mol. The zero-order chi connectivity index (χ0) is 15.6. The Morgan fingerprint density at radius 1 is 1.05 bits per heavy atom. The van der Waals surface area contributed by atoms with E-state index in [1.54, 1.807) is 38.1 Å². The van der Waals surface area contributed by atoms with Crippen LogP contribution in [0.5, 0.6) is 0 Å². The van der Waals surface area contributed by atoms with Crippen LogP contribution >= 0.6 is 0 Å². The first-order valence-electron chi connectivity index (χ1n) is 6.76. The van der Waals surface area contributed by atoms with Gasteiger partial charge in [0, 0.05) is 10.9 Å². The van der Waals surface area contributed by atoms with Crippen LogP contribution < -0.4 is 0 Å². The number of carbonyl (C=O) groups is 2. The molecule has 0 aliphatic rings. The van der Waals surface area contributed by atoms with Crippen molar-refractivity contribution in [2.24, 2.45) is 11.8 Å². The van der Waals surface area contributed by atoms with E-state index >= 15 is 0 Å². The Labute approximate surface area is 122 Å². The Hall–Kier alpha value is -2.23. The molecule has 0 fully saturated rings. The second kappa shape index (κ2) is 6.04. The molecule has 0 saturated heterocycles. The van der Waals surface area contributed by atoms with Crippen molar-refractivity contribution < 1.29 is 18.7 Å². The summed E-state index contributed by atoms with van der Waals surface area (Å²) in [5.41, 5.74) is 0.344. The number of ketones is 1. The lowest BCUT2D eigenvalue weighted by Crippen LogP contribution is -2.30. The van der Waals surface area contributed by atoms with Gasteiger partial charge in [-0.15, -0.1) is 0 Å². The van der Waals surface area contributed by atoms with E-state index in [1.165, 1.54) is 19.2 Å². The summed E-state index contributed by atoms with van der Waals surface area (Å²) >= 11 is 0. The molecule has 0 bridgehead atoms. The average Bonchev–Trinajstić information content (AvgIpc) is 2.47. The highest BCUT2D eigenvalue weighted by Crippen LogP contribution is 2.26. The van der Waals surface area contributed by atoms with Crippen LogP contribution in [0.3, 0.4) is 0 Å². The molecule has 110 valence electrons. The molecule has 3 nitrogen and oxygen atoms in total. The van der Waals surface area contributed by atoms with E-state index in [4.69, 9.17) is 4.74 Å². The number of carbonyl (C=O) groups excluding carboxylic acids is 2. The molecule has 0 aliphatic carbocycles. The van der Waals surface area contributed by atoms with Crippen molar-refractivity contribution in [3.63, 3.8) is 0 Å². The fourth-order valence-corrected chi connectivity index (χ4v) is 2.45. The maximum absolute atomic E-state index is 13.8. The largest absolute Gasteiger partial charge is 0.468 e. The van der Waals surface area contributed by atoms with Crippen molar-refractivity contribution >= 4 is 22.5 Å². The SMILES string of the molecule is COC(=O)C(C(=O)c1ccc(F)c2ccccc12)C(C)C. The second-order valence-corrected chi connectivity index (χ2v) is 5.25. The van der Waals surface area contributed by atoms with Crippen LogP contribution in [0, 0.1) is 17.7 Å². The van der Waals surface area contributed by atoms with Gasteiger partial charge >= 0.3 is 5.97 Å². The number of hydrogen-bond acceptors (Lipinski definition) is 3. The molecule has 0 aliphatic heterocycles. The van der Waals surface area contributed by atoms with Crippen LogP contribution in [0.1, 0.15) is 24.2 Å². The standard InChI is InChI=1S/C17H17FO3/c1-10(2)15(17(20)21-3)16(19)13-8-9-14(18)12-7-5-4-6-11(12)13/h4-10,15H,1-3H3. The van der Waals surface area contributed by atoms with Gasteiger partial charge in [0.05, 0.1) is 7.11 Å². The van der Waals surface area contributed by atoms with Crippen molar-refractivity contribution in [2.45, 2.75) is 13.8 Å². The summed E-state index contributed by atoms with van der Waals surface area (Å²) in [6, 6.07) is 9.42. The zero-order valence-electron chi connectivity index (χ0n) is 12.2. The number of methoxy groups -OCH3 is 1. The van der Waals surface area contributed by atoms with E-state index in [0.717, 1.165) is 0 Å². The summed E-state index contributed by atoms with van der Waals surface area (Å²) in [5.74, 6) is -2.38. The highest BCUT2D eigenvalue weighted by molar-refractivity contribution is 6.15. The molecule has 1 unspecified atom stereocenters. The molecule has 4 heteroatoms. The predicted octanol–water partition coefficient (Wildman–Crippen LogP) is 3.61. The van der Waals surface area contributed by atoms with Crippen molar-refractivity contribution in [2.75, 3.05) is 7.11 Å². The second-order valence-electron chi connectivity index (χ2n) is 5.25. The van der Waals surface area contributed by atoms with Crippen molar-refractivity contribution in [1.29, 1.82) is 0 Å². The van der Waals surface area contributed by atoms with E-state index in [9.17, 15) is 14.0 Å². The van der Waals surface area contributed by atoms with Crippen LogP contribution in [0.2, 0.25) is 0 Å². The number of esters is 1. The van der Waals surface area contributed by atoms with Gasteiger partial charge in [-0.2, -0.15) is 0 Å². The van der Waals surface area contributed by atoms with Crippen LogP contribution in [0.15, 0.2) is 36.4 Å². The minimum absolute atomic E-state index is 0.200. The number of fused-ring (bicyclic) bond motifs is 1. The molecular weight excluding hydrogens is 271 g/mol. The van der Waals surface area contributed by atoms with Gasteiger partial charge in [0.1, 0.15) is 11.7 Å². The summed E-state index contributed by atoms with van der Waals surface area (Å²) in [5, 5.41) is 0.882. The molecule has 0 spiro atoms. The Balaban J connectivity index is 2.58.